The zero-order valence-corrected chi connectivity index (χ0v) is 7.66. The first-order valence-corrected chi connectivity index (χ1v) is 4.06. The highest BCUT2D eigenvalue weighted by atomic mass is 16.2. The number of likely N-dealkylation sites (N-methyl/N-ethyl adjacent to an activating group) is 1. The maximum Gasteiger partial charge on any atom is 0.481 e. The zero-order chi connectivity index (χ0) is 9.90. The average molecular weight is 178 g/mol. The normalized spacial score (nSPS) is 27.6. The van der Waals surface area contributed by atoms with E-state index >= 15 is 0 Å². The molecule has 1 rings (SSSR count). The molecule has 0 aliphatic carbocycles. The molecule has 3 N–H and O–H groups in total. The van der Waals surface area contributed by atoms with Crippen LogP contribution in [0.1, 0.15) is 0 Å². The first-order valence-electron chi connectivity index (χ1n) is 4.06. The fourth-order valence-electron chi connectivity index (χ4n) is 1.10. The monoisotopic (exact) mass is 178 g/mol. The molecule has 0 spiro atoms. The Kier molecular flexibility index (Phi) is 2.77. The Labute approximate surface area is 79.1 Å². The summed E-state index contributed by atoms with van der Waals surface area (Å²) in [5.74, 6) is 0. The van der Waals surface area contributed by atoms with Crippen LogP contribution in [-0.2, 0) is 0 Å². The smallest absolute Gasteiger partial charge is 0.392 e. The third-order valence-corrected chi connectivity index (χ3v) is 1.82. The van der Waals surface area contributed by atoms with E-state index in [0.717, 1.165) is 6.54 Å². The Morgan fingerprint density at radius 2 is 2.38 bits per heavy atom. The number of hydrogen-bond acceptors (Lipinski definition) is 1. The number of quaternary nitrogens is 1. The van der Waals surface area contributed by atoms with Crippen LogP contribution in [0, 0.1) is 0 Å². The number of carbonyl (C=O) groups is 1. The van der Waals surface area contributed by atoms with Crippen molar-refractivity contribution in [2.75, 3.05) is 20.1 Å². The van der Waals surface area contributed by atoms with Gasteiger partial charge in [-0.25, -0.2) is 4.79 Å². The van der Waals surface area contributed by atoms with E-state index in [1.807, 2.05) is 19.2 Å². The van der Waals surface area contributed by atoms with Gasteiger partial charge in [0, 0.05) is 12.7 Å². The molecule has 0 aromatic heterocycles. The molecular formula is C8H13BN3O+. The van der Waals surface area contributed by atoms with Crippen molar-refractivity contribution in [3.63, 3.8) is 0 Å². The van der Waals surface area contributed by atoms with Crippen LogP contribution in [-0.4, -0.2) is 38.5 Å². The van der Waals surface area contributed by atoms with Crippen molar-refractivity contribution in [1.29, 1.82) is 0 Å². The second-order valence-corrected chi connectivity index (χ2v) is 3.40. The number of nitrogens with two attached hydrogens (primary N) is 1. The lowest BCUT2D eigenvalue weighted by atomic mass is 10.2. The van der Waals surface area contributed by atoms with Gasteiger partial charge in [-0.3, -0.25) is 0 Å². The minimum atomic E-state index is -0.552. The van der Waals surface area contributed by atoms with Crippen LogP contribution in [0.25, 0.3) is 0 Å². The summed E-state index contributed by atoms with van der Waals surface area (Å²) in [6.07, 6.45) is 5.57. The van der Waals surface area contributed by atoms with Gasteiger partial charge < -0.3 is 15.4 Å². The molecule has 0 fully saturated rings. The van der Waals surface area contributed by atoms with E-state index in [4.69, 9.17) is 13.7 Å². The topological polar surface area (TPSA) is 55.1 Å². The number of primary amides is 1. The lowest BCUT2D eigenvalue weighted by Crippen LogP contribution is -2.41. The van der Waals surface area contributed by atoms with Crippen molar-refractivity contribution < 1.29 is 9.19 Å². The molecule has 68 valence electrons. The van der Waals surface area contributed by atoms with Crippen molar-refractivity contribution in [2.24, 2.45) is 5.73 Å². The van der Waals surface area contributed by atoms with Crippen LogP contribution in [0.15, 0.2) is 23.9 Å². The van der Waals surface area contributed by atoms with Crippen molar-refractivity contribution in [3.05, 3.63) is 23.9 Å². The SMILES string of the molecule is [B][N+]1(C)CC=CC(NC(N)=O)=CC1. The highest BCUT2D eigenvalue weighted by Gasteiger charge is 2.14. The van der Waals surface area contributed by atoms with E-state index in [2.05, 4.69) is 5.32 Å². The molecule has 0 bridgehead atoms. The third-order valence-electron chi connectivity index (χ3n) is 1.82. The molecule has 1 atom stereocenters. The Hall–Kier alpha value is -1.23. The van der Waals surface area contributed by atoms with Crippen LogP contribution in [0.3, 0.4) is 0 Å². The maximum absolute atomic E-state index is 10.5. The lowest BCUT2D eigenvalue weighted by Gasteiger charge is -2.26. The van der Waals surface area contributed by atoms with E-state index in [0.29, 0.717) is 16.6 Å². The Morgan fingerprint density at radius 1 is 1.69 bits per heavy atom. The number of urea groups is 1. The summed E-state index contributed by atoms with van der Waals surface area (Å²) < 4.78 is 0.389. The quantitative estimate of drug-likeness (QED) is 0.529. The van der Waals surface area contributed by atoms with E-state index < -0.39 is 6.03 Å². The number of rotatable bonds is 1. The van der Waals surface area contributed by atoms with Gasteiger partial charge in [-0.05, 0) is 18.2 Å². The standard InChI is InChI=1S/C8H13BN3O/c1-12(9)5-2-3-7(4-6-12)11-8(10)13/h2-4H,5-6H2,1H3,(H3,10,11,13)/q+1. The third kappa shape index (κ3) is 3.33. The molecule has 1 aliphatic rings. The van der Waals surface area contributed by atoms with Gasteiger partial charge in [0.25, 0.3) is 0 Å². The predicted molar refractivity (Wildman–Crippen MR) is 51.6 cm³/mol. The Balaban J connectivity index is 2.67. The first kappa shape index (κ1) is 9.86. The van der Waals surface area contributed by atoms with Gasteiger partial charge in [0.15, 0.2) is 0 Å². The fourth-order valence-corrected chi connectivity index (χ4v) is 1.10. The molecule has 13 heavy (non-hydrogen) atoms. The van der Waals surface area contributed by atoms with Crippen LogP contribution in [0.2, 0.25) is 0 Å². The average Bonchev–Trinajstić information content (AvgIpc) is 2.12. The first-order chi connectivity index (χ1) is 5.99. The molecule has 4 nitrogen and oxygen atoms in total. The molecule has 1 heterocycles. The van der Waals surface area contributed by atoms with Crippen molar-refractivity contribution in [3.8, 4) is 0 Å². The van der Waals surface area contributed by atoms with Gasteiger partial charge >= 0.3 is 14.0 Å². The van der Waals surface area contributed by atoms with Gasteiger partial charge in [-0.1, -0.05) is 0 Å². The largest absolute Gasteiger partial charge is 0.481 e. The highest BCUT2D eigenvalue weighted by molar-refractivity contribution is 5.97. The van der Waals surface area contributed by atoms with Crippen molar-refractivity contribution >= 4 is 14.0 Å². The van der Waals surface area contributed by atoms with Gasteiger partial charge in [0.1, 0.15) is 0 Å². The number of allylic oxidation sites excluding steroid dienone is 1. The molecular weight excluding hydrogens is 165 g/mol. The van der Waals surface area contributed by atoms with Gasteiger partial charge in [-0.2, -0.15) is 0 Å². The molecule has 0 aromatic carbocycles. The number of carbonyl (C=O) groups excluding carboxylic acids is 1. The summed E-state index contributed by atoms with van der Waals surface area (Å²) >= 11 is 0. The van der Waals surface area contributed by atoms with Gasteiger partial charge in [0.2, 0.25) is 0 Å². The molecule has 2 radical (unpaired) electrons. The van der Waals surface area contributed by atoms with Crippen LogP contribution >= 0.6 is 0 Å². The molecule has 1 aliphatic heterocycles. The molecule has 5 heteroatoms. The molecule has 0 saturated heterocycles. The summed E-state index contributed by atoms with van der Waals surface area (Å²) in [7, 11) is 7.78. The Morgan fingerprint density at radius 3 is 3.00 bits per heavy atom. The molecule has 2 amide bonds. The van der Waals surface area contributed by atoms with E-state index in [-0.39, 0.29) is 0 Å². The molecule has 0 aromatic rings. The van der Waals surface area contributed by atoms with Crippen LogP contribution in [0.4, 0.5) is 4.79 Å². The summed E-state index contributed by atoms with van der Waals surface area (Å²) in [6, 6.07) is -0.552. The minimum absolute atomic E-state index is 0.389. The minimum Gasteiger partial charge on any atom is -0.392 e. The highest BCUT2D eigenvalue weighted by Crippen LogP contribution is 2.04. The van der Waals surface area contributed by atoms with Crippen LogP contribution in [0.5, 0.6) is 0 Å². The maximum atomic E-state index is 10.5. The van der Waals surface area contributed by atoms with Crippen LogP contribution < -0.4 is 11.1 Å². The second-order valence-electron chi connectivity index (χ2n) is 3.40. The number of nitrogens with one attached hydrogen (secondary N) is 1. The van der Waals surface area contributed by atoms with Gasteiger partial charge in [-0.15, -0.1) is 0 Å². The number of nitrogens with zero attached hydrogens (tertiary/aromatic N) is 1. The number of amides is 2. The summed E-state index contributed by atoms with van der Waals surface area (Å²) in [4.78, 5) is 10.5. The summed E-state index contributed by atoms with van der Waals surface area (Å²) in [5.41, 5.74) is 5.69. The van der Waals surface area contributed by atoms with Crippen molar-refractivity contribution in [1.82, 2.24) is 5.32 Å². The molecule has 1 unspecified atom stereocenters. The summed E-state index contributed by atoms with van der Waals surface area (Å²) in [5, 5.41) is 2.51. The second kappa shape index (κ2) is 3.66. The van der Waals surface area contributed by atoms with E-state index in [1.165, 1.54) is 0 Å². The lowest BCUT2D eigenvalue weighted by molar-refractivity contribution is -0.781. The van der Waals surface area contributed by atoms with E-state index in [1.54, 1.807) is 6.08 Å². The molecule has 0 saturated carbocycles. The Bertz CT molecular complexity index is 271. The van der Waals surface area contributed by atoms with Gasteiger partial charge in [0.05, 0.1) is 13.1 Å². The fraction of sp³-hybridized carbons (Fsp3) is 0.375. The van der Waals surface area contributed by atoms with Crippen molar-refractivity contribution in [2.45, 2.75) is 0 Å². The van der Waals surface area contributed by atoms with E-state index in [9.17, 15) is 4.79 Å². The summed E-state index contributed by atoms with van der Waals surface area (Å²) in [6.45, 7) is 1.41. The zero-order valence-electron chi connectivity index (χ0n) is 7.66. The number of hydrogen-bond donors (Lipinski definition) is 2. The predicted octanol–water partition coefficient (Wildman–Crippen LogP) is -0.361.